The van der Waals surface area contributed by atoms with E-state index in [0.29, 0.717) is 42.1 Å². The Bertz CT molecular complexity index is 1360. The fourth-order valence-corrected chi connectivity index (χ4v) is 6.75. The van der Waals surface area contributed by atoms with Gasteiger partial charge in [-0.25, -0.2) is 19.9 Å². The van der Waals surface area contributed by atoms with Gasteiger partial charge in [0.25, 0.3) is 0 Å². The highest BCUT2D eigenvalue weighted by Gasteiger charge is 2.79. The number of hydrogen-bond donors (Lipinski definition) is 0. The molecule has 4 aliphatic rings. The second-order valence-corrected chi connectivity index (χ2v) is 11.2. The van der Waals surface area contributed by atoms with Crippen LogP contribution in [0.5, 0.6) is 0 Å². The van der Waals surface area contributed by atoms with Crippen LogP contribution in [0, 0.1) is 19.3 Å². The lowest BCUT2D eigenvalue weighted by atomic mass is 9.34. The maximum absolute atomic E-state index is 13.5. The third-order valence-corrected chi connectivity index (χ3v) is 8.94. The molecule has 0 N–H and O–H groups in total. The van der Waals surface area contributed by atoms with E-state index in [1.165, 1.54) is 15.9 Å². The van der Waals surface area contributed by atoms with Crippen LogP contribution in [-0.4, -0.2) is 37.3 Å². The number of aromatic nitrogens is 5. The summed E-state index contributed by atoms with van der Waals surface area (Å²) in [7, 11) is 1.71. The minimum Gasteiger partial charge on any atom is -0.373 e. The molecule has 11 heteroatoms. The predicted molar refractivity (Wildman–Crippen MR) is 119 cm³/mol. The van der Waals surface area contributed by atoms with Crippen molar-refractivity contribution >= 4 is 22.5 Å². The zero-order valence-corrected chi connectivity index (χ0v) is 19.9. The van der Waals surface area contributed by atoms with E-state index in [-0.39, 0.29) is 36.2 Å². The Labute approximate surface area is 197 Å². The summed E-state index contributed by atoms with van der Waals surface area (Å²) in [5.41, 5.74) is 0.867. The fourth-order valence-electron chi connectivity index (χ4n) is 5.84. The Kier molecular flexibility index (Phi) is 4.59. The van der Waals surface area contributed by atoms with E-state index in [1.807, 2.05) is 13.8 Å². The van der Waals surface area contributed by atoms with Gasteiger partial charge in [-0.3, -0.25) is 4.79 Å². The van der Waals surface area contributed by atoms with Crippen LogP contribution in [-0.2, 0) is 17.2 Å². The van der Waals surface area contributed by atoms with E-state index in [2.05, 4.69) is 9.97 Å². The summed E-state index contributed by atoms with van der Waals surface area (Å²) in [6, 6.07) is 0. The van der Waals surface area contributed by atoms with Gasteiger partial charge in [-0.15, -0.1) is 0 Å². The van der Waals surface area contributed by atoms with Gasteiger partial charge < -0.3 is 9.30 Å². The number of fused-ring (bicyclic) bond motifs is 1. The molecular weight excluding hydrogens is 467 g/mol. The van der Waals surface area contributed by atoms with E-state index in [0.717, 1.165) is 16.3 Å². The minimum atomic E-state index is -4.19. The highest BCUT2D eigenvalue weighted by atomic mass is 32.1. The van der Waals surface area contributed by atoms with E-state index in [1.54, 1.807) is 13.2 Å². The first kappa shape index (κ1) is 22.1. The second-order valence-electron chi connectivity index (χ2n) is 10.2. The number of nitrogens with zero attached hydrogens (tertiary/aromatic N) is 5. The molecule has 4 heterocycles. The van der Waals surface area contributed by atoms with Crippen LogP contribution in [0.25, 0.3) is 11.2 Å². The maximum Gasteiger partial charge on any atom is 0.394 e. The van der Waals surface area contributed by atoms with Crippen LogP contribution in [0.15, 0.2) is 11.0 Å². The van der Waals surface area contributed by atoms with Gasteiger partial charge in [0.15, 0.2) is 5.65 Å². The quantitative estimate of drug-likeness (QED) is 0.540. The Morgan fingerprint density at radius 2 is 1.82 bits per heavy atom. The SMILES string of the molecule is Cc1nc2nc(C3CCOC(c4cn(C)c(=O)s4)C3)nc(C34CC(C(F)(F)F)(C3)C4)c2nc1C. The molecule has 0 amide bonds. The van der Waals surface area contributed by atoms with Crippen molar-refractivity contribution < 1.29 is 17.9 Å². The molecule has 1 saturated heterocycles. The van der Waals surface area contributed by atoms with Gasteiger partial charge in [0.2, 0.25) is 0 Å². The molecule has 4 fully saturated rings. The molecule has 180 valence electrons. The van der Waals surface area contributed by atoms with Crippen molar-refractivity contribution in [2.24, 2.45) is 12.5 Å². The van der Waals surface area contributed by atoms with Gasteiger partial charge in [-0.05, 0) is 46.0 Å². The molecule has 0 radical (unpaired) electrons. The lowest BCUT2D eigenvalue weighted by Gasteiger charge is -2.70. The predicted octanol–water partition coefficient (Wildman–Crippen LogP) is 4.42. The average molecular weight is 492 g/mol. The molecule has 34 heavy (non-hydrogen) atoms. The van der Waals surface area contributed by atoms with Gasteiger partial charge in [0.05, 0.1) is 33.5 Å². The molecule has 3 aromatic rings. The normalized spacial score (nSPS) is 30.8. The molecule has 2 bridgehead atoms. The van der Waals surface area contributed by atoms with Crippen molar-refractivity contribution in [2.75, 3.05) is 6.61 Å². The van der Waals surface area contributed by atoms with E-state index < -0.39 is 17.0 Å². The fraction of sp³-hybridized carbons (Fsp3) is 0.609. The van der Waals surface area contributed by atoms with E-state index in [9.17, 15) is 18.0 Å². The number of thiazole rings is 1. The Morgan fingerprint density at radius 3 is 2.47 bits per heavy atom. The molecule has 3 aromatic heterocycles. The second kappa shape index (κ2) is 7.07. The molecule has 7 rings (SSSR count). The Morgan fingerprint density at radius 1 is 1.12 bits per heavy atom. The average Bonchev–Trinajstić information content (AvgIpc) is 3.04. The van der Waals surface area contributed by atoms with Gasteiger partial charge in [0, 0.05) is 31.2 Å². The largest absolute Gasteiger partial charge is 0.394 e. The zero-order chi connectivity index (χ0) is 24.0. The lowest BCUT2D eigenvalue weighted by Crippen LogP contribution is -2.70. The van der Waals surface area contributed by atoms with Gasteiger partial charge in [0.1, 0.15) is 11.3 Å². The first-order valence-electron chi connectivity index (χ1n) is 11.4. The molecule has 2 atom stereocenters. The minimum absolute atomic E-state index is 0.0447. The smallest absolute Gasteiger partial charge is 0.373 e. The Hall–Kier alpha value is -2.40. The standard InChI is InChI=1S/C23H24F3N5O2S/c1-11-12(2)28-19-16(27-11)17(21-8-22(9-21,10-21)23(24,25)26)29-18(30-19)13-4-5-33-14(6-13)15-7-31(3)20(32)34-15/h7,13-14H,4-6,8-10H2,1-3H3. The van der Waals surface area contributed by atoms with E-state index >= 15 is 0 Å². The van der Waals surface area contributed by atoms with Crippen molar-refractivity contribution in [1.82, 2.24) is 24.5 Å². The number of aryl methyl sites for hydroxylation is 3. The van der Waals surface area contributed by atoms with Crippen LogP contribution < -0.4 is 4.87 Å². The summed E-state index contributed by atoms with van der Waals surface area (Å²) in [5.74, 6) is 0.541. The third-order valence-electron chi connectivity index (χ3n) is 7.87. The van der Waals surface area contributed by atoms with Gasteiger partial charge in [-0.1, -0.05) is 11.3 Å². The van der Waals surface area contributed by atoms with Crippen molar-refractivity contribution in [3.63, 3.8) is 0 Å². The molecule has 0 aromatic carbocycles. The number of halogens is 3. The van der Waals surface area contributed by atoms with E-state index in [4.69, 9.17) is 14.7 Å². The molecular formula is C23H24F3N5O2S. The van der Waals surface area contributed by atoms with Crippen LogP contribution in [0.1, 0.15) is 71.9 Å². The Balaban J connectivity index is 1.39. The molecule has 3 aliphatic carbocycles. The lowest BCUT2D eigenvalue weighted by molar-refractivity contribution is -0.337. The van der Waals surface area contributed by atoms with Crippen LogP contribution in [0.3, 0.4) is 0 Å². The third kappa shape index (κ3) is 3.08. The first-order valence-corrected chi connectivity index (χ1v) is 12.2. The van der Waals surface area contributed by atoms with Gasteiger partial charge in [-0.2, -0.15) is 13.2 Å². The summed E-state index contributed by atoms with van der Waals surface area (Å²) in [5, 5.41) is 0. The van der Waals surface area contributed by atoms with Crippen LogP contribution in [0.2, 0.25) is 0 Å². The first-order chi connectivity index (χ1) is 16.0. The summed E-state index contributed by atoms with van der Waals surface area (Å²) < 4.78 is 48.1. The highest BCUT2D eigenvalue weighted by molar-refractivity contribution is 7.09. The molecule has 2 unspecified atom stereocenters. The van der Waals surface area contributed by atoms with Crippen molar-refractivity contribution in [1.29, 1.82) is 0 Å². The van der Waals surface area contributed by atoms with Gasteiger partial charge >= 0.3 is 11.0 Å². The summed E-state index contributed by atoms with van der Waals surface area (Å²) in [6.45, 7) is 4.18. The highest BCUT2D eigenvalue weighted by Crippen LogP contribution is 2.78. The van der Waals surface area contributed by atoms with Crippen molar-refractivity contribution in [2.45, 2.75) is 69.6 Å². The van der Waals surface area contributed by atoms with Crippen molar-refractivity contribution in [3.8, 4) is 0 Å². The number of alkyl halides is 3. The monoisotopic (exact) mass is 491 g/mol. The van der Waals surface area contributed by atoms with Crippen LogP contribution >= 0.6 is 11.3 Å². The summed E-state index contributed by atoms with van der Waals surface area (Å²) in [4.78, 5) is 31.7. The maximum atomic E-state index is 13.5. The van der Waals surface area contributed by atoms with Crippen molar-refractivity contribution in [3.05, 3.63) is 43.6 Å². The molecule has 1 aliphatic heterocycles. The zero-order valence-electron chi connectivity index (χ0n) is 19.1. The van der Waals surface area contributed by atoms with Crippen LogP contribution in [0.4, 0.5) is 13.2 Å². The molecule has 7 nitrogen and oxygen atoms in total. The number of rotatable bonds is 3. The number of hydrogen-bond acceptors (Lipinski definition) is 7. The summed E-state index contributed by atoms with van der Waals surface area (Å²) >= 11 is 1.17. The number of ether oxygens (including phenoxy) is 1. The molecule has 0 spiro atoms. The summed E-state index contributed by atoms with van der Waals surface area (Å²) in [6.07, 6.45) is -1.18. The molecule has 3 saturated carbocycles. The topological polar surface area (TPSA) is 82.8 Å².